The minimum absolute atomic E-state index is 0.0390. The maximum atomic E-state index is 9.84. The van der Waals surface area contributed by atoms with Crippen LogP contribution < -0.4 is 5.32 Å². The summed E-state index contributed by atoms with van der Waals surface area (Å²) in [6.45, 7) is 17.0. The molecule has 0 aromatic rings. The van der Waals surface area contributed by atoms with Crippen molar-refractivity contribution in [2.75, 3.05) is 19.8 Å². The van der Waals surface area contributed by atoms with Gasteiger partial charge in [0, 0.05) is 18.7 Å². The van der Waals surface area contributed by atoms with Gasteiger partial charge in [-0.2, -0.15) is 0 Å². The van der Waals surface area contributed by atoms with Crippen LogP contribution in [-0.4, -0.2) is 36.5 Å². The third kappa shape index (κ3) is 11.0. The summed E-state index contributed by atoms with van der Waals surface area (Å²) in [5.41, 5.74) is 0.326. The lowest BCUT2D eigenvalue weighted by Gasteiger charge is -2.34. The zero-order valence-electron chi connectivity index (χ0n) is 13.3. The molecule has 3 nitrogen and oxygen atoms in total. The largest absolute Gasteiger partial charge is 0.389 e. The molecule has 0 saturated carbocycles. The molecule has 0 aromatic heterocycles. The molecule has 0 aliphatic heterocycles. The molecule has 0 amide bonds. The first-order chi connectivity index (χ1) is 8.02. The molecule has 1 unspecified atom stereocenters. The van der Waals surface area contributed by atoms with E-state index in [0.29, 0.717) is 25.7 Å². The van der Waals surface area contributed by atoms with Crippen LogP contribution in [-0.2, 0) is 4.74 Å². The van der Waals surface area contributed by atoms with E-state index in [0.717, 1.165) is 6.42 Å². The van der Waals surface area contributed by atoms with Gasteiger partial charge in [0.05, 0.1) is 12.7 Å². The molecule has 0 spiro atoms. The Morgan fingerprint density at radius 2 is 1.61 bits per heavy atom. The topological polar surface area (TPSA) is 41.5 Å². The molecule has 3 heteroatoms. The highest BCUT2D eigenvalue weighted by molar-refractivity contribution is 4.84. The molecule has 0 fully saturated rings. The van der Waals surface area contributed by atoms with Crippen molar-refractivity contribution in [2.24, 2.45) is 11.3 Å². The molecular formula is C15H33NO2. The number of aliphatic hydroxyl groups is 1. The Bertz CT molecular complexity index is 219. The standard InChI is InChI=1S/C15H33NO2/c1-12(2)9-18-10-13(17)8-16-15(6,7)11-14(3,4)5/h12-13,16-17H,8-11H2,1-7H3. The minimum atomic E-state index is -0.428. The first-order valence-electron chi connectivity index (χ1n) is 7.03. The van der Waals surface area contributed by atoms with Gasteiger partial charge < -0.3 is 15.2 Å². The van der Waals surface area contributed by atoms with E-state index >= 15 is 0 Å². The third-order valence-corrected chi connectivity index (χ3v) is 2.55. The van der Waals surface area contributed by atoms with Crippen molar-refractivity contribution in [3.63, 3.8) is 0 Å². The quantitative estimate of drug-likeness (QED) is 0.704. The minimum Gasteiger partial charge on any atom is -0.389 e. The van der Waals surface area contributed by atoms with Gasteiger partial charge in [-0.3, -0.25) is 0 Å². The molecule has 1 atom stereocenters. The second-order valence-electron chi connectivity index (χ2n) is 7.59. The first kappa shape index (κ1) is 17.9. The van der Waals surface area contributed by atoms with E-state index in [9.17, 15) is 5.11 Å². The summed E-state index contributed by atoms with van der Waals surface area (Å²) in [7, 11) is 0. The molecule has 2 N–H and O–H groups in total. The predicted octanol–water partition coefficient (Wildman–Crippen LogP) is 2.82. The van der Waals surface area contributed by atoms with E-state index in [4.69, 9.17) is 4.74 Å². The van der Waals surface area contributed by atoms with Crippen molar-refractivity contribution in [3.8, 4) is 0 Å². The lowest BCUT2D eigenvalue weighted by molar-refractivity contribution is 0.0220. The van der Waals surface area contributed by atoms with Crippen LogP contribution in [0, 0.1) is 11.3 Å². The van der Waals surface area contributed by atoms with Crippen LogP contribution in [0.15, 0.2) is 0 Å². The Kier molecular flexibility index (Phi) is 7.41. The van der Waals surface area contributed by atoms with Crippen molar-refractivity contribution in [3.05, 3.63) is 0 Å². The van der Waals surface area contributed by atoms with Gasteiger partial charge in [0.1, 0.15) is 0 Å². The summed E-state index contributed by atoms with van der Waals surface area (Å²) < 4.78 is 5.43. The molecule has 0 aliphatic carbocycles. The van der Waals surface area contributed by atoms with Gasteiger partial charge in [0.25, 0.3) is 0 Å². The Morgan fingerprint density at radius 3 is 2.06 bits per heavy atom. The number of hydrogen-bond donors (Lipinski definition) is 2. The van der Waals surface area contributed by atoms with Crippen molar-refractivity contribution < 1.29 is 9.84 Å². The van der Waals surface area contributed by atoms with Crippen LogP contribution in [0.4, 0.5) is 0 Å². The fraction of sp³-hybridized carbons (Fsp3) is 1.00. The highest BCUT2D eigenvalue weighted by Crippen LogP contribution is 2.26. The number of rotatable bonds is 8. The molecule has 110 valence electrons. The molecular weight excluding hydrogens is 226 g/mol. The van der Waals surface area contributed by atoms with Crippen LogP contribution in [0.1, 0.15) is 54.9 Å². The Hall–Kier alpha value is -0.120. The maximum Gasteiger partial charge on any atom is 0.0897 e. The number of ether oxygens (including phenoxy) is 1. The van der Waals surface area contributed by atoms with Crippen molar-refractivity contribution >= 4 is 0 Å². The van der Waals surface area contributed by atoms with Crippen LogP contribution in [0.5, 0.6) is 0 Å². The van der Waals surface area contributed by atoms with E-state index in [1.165, 1.54) is 0 Å². The smallest absolute Gasteiger partial charge is 0.0897 e. The average molecular weight is 259 g/mol. The monoisotopic (exact) mass is 259 g/mol. The number of β-amino-alcohol motifs (C(OH)–C–C–N with tert-alkyl or cyclic N) is 1. The van der Waals surface area contributed by atoms with Gasteiger partial charge in [-0.1, -0.05) is 34.6 Å². The fourth-order valence-electron chi connectivity index (χ4n) is 2.28. The zero-order valence-corrected chi connectivity index (χ0v) is 13.3. The van der Waals surface area contributed by atoms with E-state index in [-0.39, 0.29) is 11.0 Å². The van der Waals surface area contributed by atoms with Crippen molar-refractivity contribution in [1.82, 2.24) is 5.32 Å². The Balaban J connectivity index is 3.86. The van der Waals surface area contributed by atoms with Crippen molar-refractivity contribution in [1.29, 1.82) is 0 Å². The maximum absolute atomic E-state index is 9.84. The molecule has 0 heterocycles. The van der Waals surface area contributed by atoms with Crippen molar-refractivity contribution in [2.45, 2.75) is 66.5 Å². The van der Waals surface area contributed by atoms with Crippen LogP contribution >= 0.6 is 0 Å². The lowest BCUT2D eigenvalue weighted by atomic mass is 9.82. The average Bonchev–Trinajstić information content (AvgIpc) is 2.10. The molecule has 18 heavy (non-hydrogen) atoms. The highest BCUT2D eigenvalue weighted by atomic mass is 16.5. The summed E-state index contributed by atoms with van der Waals surface area (Å²) >= 11 is 0. The molecule has 0 saturated heterocycles. The molecule has 0 rings (SSSR count). The summed E-state index contributed by atoms with van der Waals surface area (Å²) in [6, 6.07) is 0. The van der Waals surface area contributed by atoms with Gasteiger partial charge in [-0.15, -0.1) is 0 Å². The van der Waals surface area contributed by atoms with Gasteiger partial charge in [-0.05, 0) is 31.6 Å². The van der Waals surface area contributed by atoms with Crippen LogP contribution in [0.25, 0.3) is 0 Å². The van der Waals surface area contributed by atoms with Gasteiger partial charge in [0.15, 0.2) is 0 Å². The van der Waals surface area contributed by atoms with Gasteiger partial charge in [0.2, 0.25) is 0 Å². The summed E-state index contributed by atoms with van der Waals surface area (Å²) in [5.74, 6) is 0.516. The summed E-state index contributed by atoms with van der Waals surface area (Å²) in [5, 5.41) is 13.3. The second-order valence-corrected chi connectivity index (χ2v) is 7.59. The van der Waals surface area contributed by atoms with E-state index < -0.39 is 6.10 Å². The normalized spacial score (nSPS) is 15.2. The van der Waals surface area contributed by atoms with Gasteiger partial charge >= 0.3 is 0 Å². The molecule has 0 aliphatic rings. The number of aliphatic hydroxyl groups excluding tert-OH is 1. The second kappa shape index (κ2) is 7.46. The predicted molar refractivity (Wildman–Crippen MR) is 77.8 cm³/mol. The highest BCUT2D eigenvalue weighted by Gasteiger charge is 2.25. The Morgan fingerprint density at radius 1 is 1.06 bits per heavy atom. The summed E-state index contributed by atoms with van der Waals surface area (Å²) in [6.07, 6.45) is 0.641. The van der Waals surface area contributed by atoms with Crippen LogP contribution in [0.2, 0.25) is 0 Å². The van der Waals surface area contributed by atoms with Crippen LogP contribution in [0.3, 0.4) is 0 Å². The third-order valence-electron chi connectivity index (χ3n) is 2.55. The van der Waals surface area contributed by atoms with E-state index in [1.807, 2.05) is 0 Å². The molecule has 0 aromatic carbocycles. The number of nitrogens with one attached hydrogen (secondary N) is 1. The Labute approximate surface area is 113 Å². The molecule has 0 bridgehead atoms. The fourth-order valence-corrected chi connectivity index (χ4v) is 2.28. The number of hydrogen-bond acceptors (Lipinski definition) is 3. The molecule has 0 radical (unpaired) electrons. The SMILES string of the molecule is CC(C)COCC(O)CNC(C)(C)CC(C)(C)C. The van der Waals surface area contributed by atoms with E-state index in [2.05, 4.69) is 53.8 Å². The van der Waals surface area contributed by atoms with E-state index in [1.54, 1.807) is 0 Å². The zero-order chi connectivity index (χ0) is 14.4. The first-order valence-corrected chi connectivity index (χ1v) is 7.03. The summed E-state index contributed by atoms with van der Waals surface area (Å²) in [4.78, 5) is 0. The lowest BCUT2D eigenvalue weighted by Crippen LogP contribution is -2.46. The van der Waals surface area contributed by atoms with Gasteiger partial charge in [-0.25, -0.2) is 0 Å².